The maximum absolute atomic E-state index is 5.79. The normalized spacial score (nSPS) is 12.4. The first-order valence-electron chi connectivity index (χ1n) is 5.91. The zero-order valence-corrected chi connectivity index (χ0v) is 12.7. The minimum Gasteiger partial charge on any atom is -0.328 e. The van der Waals surface area contributed by atoms with E-state index in [1.165, 1.54) is 15.4 Å². The molecule has 1 nitrogen and oxygen atoms in total. The molecular formula is C15H16BrNS. The highest BCUT2D eigenvalue weighted by atomic mass is 79.9. The van der Waals surface area contributed by atoms with Crippen LogP contribution in [0.3, 0.4) is 0 Å². The lowest BCUT2D eigenvalue weighted by Crippen LogP contribution is -2.17. The summed E-state index contributed by atoms with van der Waals surface area (Å²) in [4.78, 5) is 2.50. The minimum absolute atomic E-state index is 0.218. The van der Waals surface area contributed by atoms with E-state index in [0.717, 1.165) is 10.9 Å². The first kappa shape index (κ1) is 13.7. The van der Waals surface area contributed by atoms with E-state index in [1.807, 2.05) is 6.92 Å². The Morgan fingerprint density at radius 1 is 1.00 bits per heavy atom. The van der Waals surface area contributed by atoms with Gasteiger partial charge in [0.2, 0.25) is 0 Å². The average molecular weight is 322 g/mol. The van der Waals surface area contributed by atoms with Crippen molar-refractivity contribution in [3.05, 3.63) is 58.6 Å². The fourth-order valence-electron chi connectivity index (χ4n) is 1.70. The molecule has 2 aromatic carbocycles. The van der Waals surface area contributed by atoms with Gasteiger partial charge in [0.05, 0.1) is 0 Å². The number of nitrogens with two attached hydrogens (primary N) is 1. The topological polar surface area (TPSA) is 26.0 Å². The Morgan fingerprint density at radius 2 is 1.50 bits per heavy atom. The summed E-state index contributed by atoms with van der Waals surface area (Å²) in [5.74, 6) is 0. The van der Waals surface area contributed by atoms with Crippen molar-refractivity contribution in [1.29, 1.82) is 0 Å². The summed E-state index contributed by atoms with van der Waals surface area (Å²) in [7, 11) is 0. The Balaban J connectivity index is 2.04. The van der Waals surface area contributed by atoms with Crippen LogP contribution in [0.1, 0.15) is 12.5 Å². The zero-order valence-electron chi connectivity index (χ0n) is 10.3. The number of rotatable bonds is 4. The summed E-state index contributed by atoms with van der Waals surface area (Å²) in [6, 6.07) is 17.2. The highest BCUT2D eigenvalue weighted by molar-refractivity contribution is 9.10. The van der Waals surface area contributed by atoms with Crippen molar-refractivity contribution >= 4 is 27.7 Å². The smallest absolute Gasteiger partial charge is 0.0176 e. The van der Waals surface area contributed by atoms with Crippen molar-refractivity contribution in [1.82, 2.24) is 0 Å². The Hall–Kier alpha value is -0.770. The van der Waals surface area contributed by atoms with Gasteiger partial charge >= 0.3 is 0 Å². The van der Waals surface area contributed by atoms with Gasteiger partial charge in [0.15, 0.2) is 0 Å². The summed E-state index contributed by atoms with van der Waals surface area (Å²) >= 11 is 5.21. The second-order valence-electron chi connectivity index (χ2n) is 4.38. The van der Waals surface area contributed by atoms with E-state index in [9.17, 15) is 0 Å². The molecule has 0 aliphatic rings. The zero-order chi connectivity index (χ0) is 13.0. The van der Waals surface area contributed by atoms with Crippen molar-refractivity contribution < 1.29 is 0 Å². The van der Waals surface area contributed by atoms with Crippen molar-refractivity contribution in [2.75, 3.05) is 0 Å². The predicted octanol–water partition coefficient (Wildman–Crippen LogP) is 4.49. The summed E-state index contributed by atoms with van der Waals surface area (Å²) in [5.41, 5.74) is 7.09. The quantitative estimate of drug-likeness (QED) is 0.897. The molecular weight excluding hydrogens is 306 g/mol. The maximum atomic E-state index is 5.79. The lowest BCUT2D eigenvalue weighted by atomic mass is 10.1. The van der Waals surface area contributed by atoms with Gasteiger partial charge in [0.1, 0.15) is 0 Å². The van der Waals surface area contributed by atoms with Crippen molar-refractivity contribution in [3.8, 4) is 0 Å². The summed E-state index contributed by atoms with van der Waals surface area (Å²) in [5, 5.41) is 0. The molecule has 0 aliphatic heterocycles. The van der Waals surface area contributed by atoms with Crippen LogP contribution < -0.4 is 5.73 Å². The SMILES string of the molecule is CC(N)Cc1ccc(Sc2ccc(Br)cc2)cc1. The van der Waals surface area contributed by atoms with E-state index < -0.39 is 0 Å². The average Bonchev–Trinajstić information content (AvgIpc) is 2.34. The standard InChI is InChI=1S/C15H16BrNS/c1-11(17)10-12-2-6-14(7-3-12)18-15-8-4-13(16)5-9-15/h2-9,11H,10,17H2,1H3. The first-order valence-corrected chi connectivity index (χ1v) is 7.52. The van der Waals surface area contributed by atoms with Crippen molar-refractivity contribution in [2.45, 2.75) is 29.2 Å². The van der Waals surface area contributed by atoms with E-state index >= 15 is 0 Å². The molecule has 2 aromatic rings. The Morgan fingerprint density at radius 3 is 2.00 bits per heavy atom. The van der Waals surface area contributed by atoms with Crippen LogP contribution in [0.5, 0.6) is 0 Å². The Labute approximate surface area is 121 Å². The fraction of sp³-hybridized carbons (Fsp3) is 0.200. The van der Waals surface area contributed by atoms with Gasteiger partial charge < -0.3 is 5.73 Å². The van der Waals surface area contributed by atoms with Gasteiger partial charge in [-0.3, -0.25) is 0 Å². The van der Waals surface area contributed by atoms with E-state index in [4.69, 9.17) is 5.73 Å². The Bertz CT molecular complexity index is 491. The van der Waals surface area contributed by atoms with Crippen LogP contribution in [0.25, 0.3) is 0 Å². The predicted molar refractivity (Wildman–Crippen MR) is 82.1 cm³/mol. The van der Waals surface area contributed by atoms with Gasteiger partial charge in [-0.2, -0.15) is 0 Å². The third-order valence-electron chi connectivity index (χ3n) is 2.53. The van der Waals surface area contributed by atoms with E-state index in [-0.39, 0.29) is 6.04 Å². The van der Waals surface area contributed by atoms with Crippen molar-refractivity contribution in [3.63, 3.8) is 0 Å². The molecule has 0 spiro atoms. The number of benzene rings is 2. The lowest BCUT2D eigenvalue weighted by Gasteiger charge is -2.06. The van der Waals surface area contributed by atoms with E-state index in [1.54, 1.807) is 11.8 Å². The first-order chi connectivity index (χ1) is 8.63. The molecule has 18 heavy (non-hydrogen) atoms. The van der Waals surface area contributed by atoms with Gasteiger partial charge in [0.25, 0.3) is 0 Å². The molecule has 2 rings (SSSR count). The van der Waals surface area contributed by atoms with Gasteiger partial charge in [0, 0.05) is 20.3 Å². The van der Waals surface area contributed by atoms with Crippen molar-refractivity contribution in [2.24, 2.45) is 5.73 Å². The second-order valence-corrected chi connectivity index (χ2v) is 6.44. The molecule has 0 saturated carbocycles. The van der Waals surface area contributed by atoms with Crippen LogP contribution in [0.2, 0.25) is 0 Å². The molecule has 1 atom stereocenters. The molecule has 94 valence electrons. The van der Waals surface area contributed by atoms with Crippen LogP contribution in [0.4, 0.5) is 0 Å². The van der Waals surface area contributed by atoms with Gasteiger partial charge in [-0.25, -0.2) is 0 Å². The monoisotopic (exact) mass is 321 g/mol. The molecule has 0 radical (unpaired) electrons. The second kappa shape index (κ2) is 6.41. The van der Waals surface area contributed by atoms with Crippen LogP contribution in [0.15, 0.2) is 62.8 Å². The molecule has 0 aromatic heterocycles. The molecule has 0 heterocycles. The highest BCUT2D eigenvalue weighted by Crippen LogP contribution is 2.28. The molecule has 3 heteroatoms. The number of hydrogen-bond acceptors (Lipinski definition) is 2. The Kier molecular flexibility index (Phi) is 4.87. The van der Waals surface area contributed by atoms with Crippen LogP contribution >= 0.6 is 27.7 Å². The summed E-state index contributed by atoms with van der Waals surface area (Å²) in [6.07, 6.45) is 0.934. The third kappa shape index (κ3) is 4.16. The molecule has 2 N–H and O–H groups in total. The van der Waals surface area contributed by atoms with Gasteiger partial charge in [-0.1, -0.05) is 39.8 Å². The minimum atomic E-state index is 0.218. The van der Waals surface area contributed by atoms with Crippen LogP contribution in [-0.2, 0) is 6.42 Å². The van der Waals surface area contributed by atoms with Crippen LogP contribution in [0, 0.1) is 0 Å². The molecule has 1 unspecified atom stereocenters. The lowest BCUT2D eigenvalue weighted by molar-refractivity contribution is 0.737. The fourth-order valence-corrected chi connectivity index (χ4v) is 2.78. The third-order valence-corrected chi connectivity index (χ3v) is 4.07. The maximum Gasteiger partial charge on any atom is 0.0176 e. The van der Waals surface area contributed by atoms with Gasteiger partial charge in [-0.15, -0.1) is 0 Å². The molecule has 0 bridgehead atoms. The van der Waals surface area contributed by atoms with E-state index in [0.29, 0.717) is 0 Å². The molecule has 0 amide bonds. The molecule has 0 fully saturated rings. The summed E-state index contributed by atoms with van der Waals surface area (Å²) in [6.45, 7) is 2.03. The highest BCUT2D eigenvalue weighted by Gasteiger charge is 2.00. The largest absolute Gasteiger partial charge is 0.328 e. The van der Waals surface area contributed by atoms with Crippen LogP contribution in [-0.4, -0.2) is 6.04 Å². The van der Waals surface area contributed by atoms with E-state index in [2.05, 4.69) is 64.5 Å². The van der Waals surface area contributed by atoms with Gasteiger partial charge in [-0.05, 0) is 55.3 Å². The number of halogens is 1. The molecule has 0 aliphatic carbocycles. The number of hydrogen-bond donors (Lipinski definition) is 1. The summed E-state index contributed by atoms with van der Waals surface area (Å²) < 4.78 is 1.11. The molecule has 0 saturated heterocycles.